The molecule has 0 atom stereocenters. The van der Waals surface area contributed by atoms with E-state index in [1.807, 2.05) is 12.4 Å². The molecule has 0 bridgehead atoms. The van der Waals surface area contributed by atoms with Crippen molar-refractivity contribution in [1.82, 2.24) is 14.9 Å². The maximum atomic E-state index is 8.69. The van der Waals surface area contributed by atoms with Crippen LogP contribution in [0.4, 0.5) is 0 Å². The van der Waals surface area contributed by atoms with Crippen LogP contribution in [0, 0.1) is 0 Å². The summed E-state index contributed by atoms with van der Waals surface area (Å²) in [7, 11) is 0. The molecule has 0 amide bonds. The second kappa shape index (κ2) is 8.30. The third kappa shape index (κ3) is 4.77. The highest BCUT2D eigenvalue weighted by Gasteiger charge is 2.01. The fraction of sp³-hybridized carbons (Fsp3) is 0.750. The highest BCUT2D eigenvalue weighted by molar-refractivity contribution is 4.91. The van der Waals surface area contributed by atoms with Crippen molar-refractivity contribution in [2.75, 3.05) is 13.2 Å². The zero-order valence-electron chi connectivity index (χ0n) is 10.2. The number of imidazole rings is 1. The van der Waals surface area contributed by atoms with Gasteiger partial charge in [0.2, 0.25) is 0 Å². The maximum absolute atomic E-state index is 8.69. The third-order valence-electron chi connectivity index (χ3n) is 2.57. The molecule has 0 aliphatic carbocycles. The molecule has 4 nitrogen and oxygen atoms in total. The van der Waals surface area contributed by atoms with E-state index in [0.29, 0.717) is 6.61 Å². The van der Waals surface area contributed by atoms with E-state index in [1.54, 1.807) is 0 Å². The van der Waals surface area contributed by atoms with Gasteiger partial charge in [-0.05, 0) is 32.2 Å². The Morgan fingerprint density at radius 3 is 3.00 bits per heavy atom. The third-order valence-corrected chi connectivity index (χ3v) is 2.57. The van der Waals surface area contributed by atoms with Crippen LogP contribution in [0.15, 0.2) is 12.4 Å². The summed E-state index contributed by atoms with van der Waals surface area (Å²) in [6, 6.07) is 0. The number of aliphatic hydroxyl groups excluding tert-OH is 1. The summed E-state index contributed by atoms with van der Waals surface area (Å²) in [6.45, 7) is 5.35. The predicted molar refractivity (Wildman–Crippen MR) is 65.2 cm³/mol. The molecule has 0 aliphatic rings. The monoisotopic (exact) mass is 225 g/mol. The lowest BCUT2D eigenvalue weighted by Gasteiger charge is -2.08. The Morgan fingerprint density at radius 2 is 2.25 bits per heavy atom. The zero-order chi connectivity index (χ0) is 11.6. The van der Waals surface area contributed by atoms with Crippen molar-refractivity contribution in [2.24, 2.45) is 0 Å². The molecule has 0 unspecified atom stereocenters. The van der Waals surface area contributed by atoms with Gasteiger partial charge in [0.1, 0.15) is 5.82 Å². The molecule has 1 aromatic rings. The maximum Gasteiger partial charge on any atom is 0.122 e. The number of aromatic nitrogens is 2. The van der Waals surface area contributed by atoms with Gasteiger partial charge in [-0.1, -0.05) is 6.92 Å². The van der Waals surface area contributed by atoms with Gasteiger partial charge in [0, 0.05) is 25.5 Å². The lowest BCUT2D eigenvalue weighted by Crippen LogP contribution is -2.17. The van der Waals surface area contributed by atoms with Gasteiger partial charge in [-0.25, -0.2) is 4.98 Å². The lowest BCUT2D eigenvalue weighted by atomic mass is 10.2. The van der Waals surface area contributed by atoms with Crippen molar-refractivity contribution in [1.29, 1.82) is 0 Å². The molecule has 0 spiro atoms. The second-order valence-electron chi connectivity index (χ2n) is 4.00. The largest absolute Gasteiger partial charge is 0.396 e. The van der Waals surface area contributed by atoms with Crippen LogP contribution in [0.3, 0.4) is 0 Å². The van der Waals surface area contributed by atoms with Gasteiger partial charge < -0.3 is 15.0 Å². The first kappa shape index (κ1) is 13.2. The number of hydrogen-bond acceptors (Lipinski definition) is 3. The summed E-state index contributed by atoms with van der Waals surface area (Å²) in [5.41, 5.74) is 0. The molecular weight excluding hydrogens is 202 g/mol. The van der Waals surface area contributed by atoms with Crippen LogP contribution in [0.25, 0.3) is 0 Å². The number of nitrogens with zero attached hydrogens (tertiary/aromatic N) is 2. The van der Waals surface area contributed by atoms with Crippen LogP contribution < -0.4 is 5.32 Å². The van der Waals surface area contributed by atoms with Crippen molar-refractivity contribution in [3.8, 4) is 0 Å². The highest BCUT2D eigenvalue weighted by Crippen LogP contribution is 2.02. The van der Waals surface area contributed by atoms with Crippen molar-refractivity contribution >= 4 is 0 Å². The molecule has 0 aliphatic heterocycles. The van der Waals surface area contributed by atoms with Crippen LogP contribution in [0.5, 0.6) is 0 Å². The molecule has 1 heterocycles. The quantitative estimate of drug-likeness (QED) is 0.627. The van der Waals surface area contributed by atoms with E-state index in [9.17, 15) is 0 Å². The molecular formula is C12H23N3O. The number of rotatable bonds is 9. The zero-order valence-corrected chi connectivity index (χ0v) is 10.2. The standard InChI is InChI=1S/C12H23N3O/c1-2-6-13-11-12-14-7-9-15(12)8-4-3-5-10-16/h7,9,13,16H,2-6,8,10-11H2,1H3. The van der Waals surface area contributed by atoms with E-state index in [0.717, 1.165) is 51.1 Å². The molecule has 92 valence electrons. The van der Waals surface area contributed by atoms with E-state index in [4.69, 9.17) is 5.11 Å². The Labute approximate surface area is 97.7 Å². The summed E-state index contributed by atoms with van der Waals surface area (Å²) < 4.78 is 2.19. The van der Waals surface area contributed by atoms with E-state index >= 15 is 0 Å². The van der Waals surface area contributed by atoms with E-state index < -0.39 is 0 Å². The molecule has 4 heteroatoms. The Morgan fingerprint density at radius 1 is 1.38 bits per heavy atom. The first-order valence-electron chi connectivity index (χ1n) is 6.20. The van der Waals surface area contributed by atoms with E-state index in [-0.39, 0.29) is 0 Å². The fourth-order valence-corrected chi connectivity index (χ4v) is 1.66. The van der Waals surface area contributed by atoms with Crippen LogP contribution in [-0.2, 0) is 13.1 Å². The van der Waals surface area contributed by atoms with Crippen LogP contribution in [0.1, 0.15) is 38.4 Å². The highest BCUT2D eigenvalue weighted by atomic mass is 16.2. The van der Waals surface area contributed by atoms with Crippen LogP contribution in [0.2, 0.25) is 0 Å². The van der Waals surface area contributed by atoms with Gasteiger partial charge in [0.05, 0.1) is 6.54 Å². The Balaban J connectivity index is 2.26. The van der Waals surface area contributed by atoms with E-state index in [1.165, 1.54) is 0 Å². The topological polar surface area (TPSA) is 50.1 Å². The summed E-state index contributed by atoms with van der Waals surface area (Å²) in [5.74, 6) is 1.11. The van der Waals surface area contributed by atoms with Crippen molar-refractivity contribution in [3.63, 3.8) is 0 Å². The number of unbranched alkanes of at least 4 members (excludes halogenated alkanes) is 2. The Bertz CT molecular complexity index is 273. The summed E-state index contributed by atoms with van der Waals surface area (Å²) in [6.07, 6.45) is 8.13. The number of aryl methyl sites for hydroxylation is 1. The second-order valence-corrected chi connectivity index (χ2v) is 4.00. The first-order valence-corrected chi connectivity index (χ1v) is 6.20. The molecule has 0 radical (unpaired) electrons. The molecule has 1 rings (SSSR count). The fourth-order valence-electron chi connectivity index (χ4n) is 1.66. The Hall–Kier alpha value is -0.870. The molecule has 0 aromatic carbocycles. The SMILES string of the molecule is CCCNCc1nccn1CCCCCO. The average Bonchev–Trinajstić information content (AvgIpc) is 2.73. The number of nitrogens with one attached hydrogen (secondary N) is 1. The van der Waals surface area contributed by atoms with Gasteiger partial charge in [0.25, 0.3) is 0 Å². The molecule has 1 aromatic heterocycles. The minimum Gasteiger partial charge on any atom is -0.396 e. The van der Waals surface area contributed by atoms with Crippen molar-refractivity contribution in [3.05, 3.63) is 18.2 Å². The summed E-state index contributed by atoms with van der Waals surface area (Å²) >= 11 is 0. The number of hydrogen-bond donors (Lipinski definition) is 2. The molecule has 2 N–H and O–H groups in total. The summed E-state index contributed by atoms with van der Waals surface area (Å²) in [4.78, 5) is 4.34. The minimum absolute atomic E-state index is 0.300. The molecule has 0 fully saturated rings. The van der Waals surface area contributed by atoms with Crippen molar-refractivity contribution < 1.29 is 5.11 Å². The van der Waals surface area contributed by atoms with E-state index in [2.05, 4.69) is 21.8 Å². The minimum atomic E-state index is 0.300. The summed E-state index contributed by atoms with van der Waals surface area (Å²) in [5, 5.41) is 12.0. The Kier molecular flexibility index (Phi) is 6.85. The van der Waals surface area contributed by atoms with Gasteiger partial charge in [0.15, 0.2) is 0 Å². The normalized spacial score (nSPS) is 10.9. The van der Waals surface area contributed by atoms with Crippen molar-refractivity contribution in [2.45, 2.75) is 45.7 Å². The van der Waals surface area contributed by atoms with Gasteiger partial charge in [-0.15, -0.1) is 0 Å². The molecule has 0 saturated heterocycles. The van der Waals surface area contributed by atoms with Crippen LogP contribution >= 0.6 is 0 Å². The molecule has 16 heavy (non-hydrogen) atoms. The first-order chi connectivity index (χ1) is 7.88. The lowest BCUT2D eigenvalue weighted by molar-refractivity contribution is 0.281. The average molecular weight is 225 g/mol. The van der Waals surface area contributed by atoms with Crippen LogP contribution in [-0.4, -0.2) is 27.8 Å². The molecule has 0 saturated carbocycles. The van der Waals surface area contributed by atoms with Gasteiger partial charge in [-0.2, -0.15) is 0 Å². The predicted octanol–water partition coefficient (Wildman–Crippen LogP) is 1.55. The van der Waals surface area contributed by atoms with Gasteiger partial charge >= 0.3 is 0 Å². The van der Waals surface area contributed by atoms with Gasteiger partial charge in [-0.3, -0.25) is 0 Å². The number of aliphatic hydroxyl groups is 1. The smallest absolute Gasteiger partial charge is 0.122 e.